The van der Waals surface area contributed by atoms with Gasteiger partial charge in [-0.25, -0.2) is 14.2 Å². The number of urea groups is 1. The maximum absolute atomic E-state index is 13.7. The maximum Gasteiger partial charge on any atom is 0.329 e. The van der Waals surface area contributed by atoms with Crippen LogP contribution < -0.4 is 16.1 Å². The lowest BCUT2D eigenvalue weighted by atomic mass is 10.1. The highest BCUT2D eigenvalue weighted by Gasteiger charge is 2.26. The number of amides is 3. The number of benzene rings is 1. The SMILES string of the molecule is CCCCNC(=O)NN1Cc2[nH]nc(NC(=O)Cc3ccccc3F)c2C1. The molecule has 0 unspecified atom stereocenters. The van der Waals surface area contributed by atoms with Crippen molar-refractivity contribution in [2.45, 2.75) is 39.3 Å². The van der Waals surface area contributed by atoms with Gasteiger partial charge < -0.3 is 10.6 Å². The van der Waals surface area contributed by atoms with Crippen LogP contribution in [0.2, 0.25) is 0 Å². The molecule has 0 fully saturated rings. The van der Waals surface area contributed by atoms with Gasteiger partial charge in [0.15, 0.2) is 5.82 Å². The predicted molar refractivity (Wildman–Crippen MR) is 98.0 cm³/mol. The maximum atomic E-state index is 13.7. The Labute approximate surface area is 156 Å². The molecule has 0 bridgehead atoms. The van der Waals surface area contributed by atoms with Gasteiger partial charge in [0.25, 0.3) is 0 Å². The zero-order chi connectivity index (χ0) is 19.2. The Hall–Kier alpha value is -2.94. The summed E-state index contributed by atoms with van der Waals surface area (Å²) in [7, 11) is 0. The third kappa shape index (κ3) is 4.82. The molecule has 8 nitrogen and oxygen atoms in total. The van der Waals surface area contributed by atoms with Crippen LogP contribution in [0, 0.1) is 5.82 Å². The topological polar surface area (TPSA) is 102 Å². The summed E-state index contributed by atoms with van der Waals surface area (Å²) in [5, 5.41) is 14.2. The number of hydrazine groups is 1. The molecule has 0 spiro atoms. The Bertz CT molecular complexity index is 822. The molecule has 1 aromatic heterocycles. The average Bonchev–Trinajstić information content (AvgIpc) is 3.18. The summed E-state index contributed by atoms with van der Waals surface area (Å²) in [6.07, 6.45) is 1.86. The fourth-order valence-electron chi connectivity index (χ4n) is 2.88. The summed E-state index contributed by atoms with van der Waals surface area (Å²) in [6, 6.07) is 5.91. The fraction of sp³-hybridized carbons (Fsp3) is 0.389. The van der Waals surface area contributed by atoms with E-state index in [0.717, 1.165) is 24.1 Å². The zero-order valence-corrected chi connectivity index (χ0v) is 15.1. The lowest BCUT2D eigenvalue weighted by molar-refractivity contribution is -0.115. The second-order valence-corrected chi connectivity index (χ2v) is 6.42. The van der Waals surface area contributed by atoms with E-state index >= 15 is 0 Å². The van der Waals surface area contributed by atoms with Gasteiger partial charge in [0, 0.05) is 18.7 Å². The van der Waals surface area contributed by atoms with Gasteiger partial charge in [0.05, 0.1) is 18.7 Å². The van der Waals surface area contributed by atoms with Crippen molar-refractivity contribution in [1.82, 2.24) is 25.9 Å². The number of aromatic nitrogens is 2. The number of aromatic amines is 1. The first-order valence-electron chi connectivity index (χ1n) is 8.95. The van der Waals surface area contributed by atoms with E-state index in [-0.39, 0.29) is 18.4 Å². The van der Waals surface area contributed by atoms with E-state index in [2.05, 4.69) is 33.2 Å². The average molecular weight is 374 g/mol. The van der Waals surface area contributed by atoms with Crippen LogP contribution in [0.3, 0.4) is 0 Å². The van der Waals surface area contributed by atoms with Crippen LogP contribution in [0.4, 0.5) is 15.0 Å². The molecule has 1 aromatic carbocycles. The number of anilines is 1. The molecule has 27 heavy (non-hydrogen) atoms. The molecule has 2 aromatic rings. The lowest BCUT2D eigenvalue weighted by Crippen LogP contribution is -2.45. The molecule has 3 rings (SSSR count). The number of fused-ring (bicyclic) bond motifs is 1. The molecule has 0 saturated carbocycles. The number of nitrogens with zero attached hydrogens (tertiary/aromatic N) is 2. The van der Waals surface area contributed by atoms with E-state index in [1.165, 1.54) is 6.07 Å². The highest BCUT2D eigenvalue weighted by atomic mass is 19.1. The molecule has 1 aliphatic heterocycles. The number of hydrogen-bond donors (Lipinski definition) is 4. The van der Waals surface area contributed by atoms with Crippen molar-refractivity contribution in [3.05, 3.63) is 46.9 Å². The number of rotatable bonds is 7. The largest absolute Gasteiger partial charge is 0.337 e. The summed E-state index contributed by atoms with van der Waals surface area (Å²) in [4.78, 5) is 24.1. The molecule has 1 aliphatic rings. The quantitative estimate of drug-likeness (QED) is 0.557. The summed E-state index contributed by atoms with van der Waals surface area (Å²) in [6.45, 7) is 3.57. The van der Waals surface area contributed by atoms with Crippen LogP contribution in [-0.4, -0.2) is 33.7 Å². The molecule has 9 heteroatoms. The van der Waals surface area contributed by atoms with E-state index in [1.807, 2.05) is 0 Å². The van der Waals surface area contributed by atoms with Crippen molar-refractivity contribution in [2.75, 3.05) is 11.9 Å². The van der Waals surface area contributed by atoms with Gasteiger partial charge in [0.1, 0.15) is 5.82 Å². The summed E-state index contributed by atoms with van der Waals surface area (Å²) in [5.41, 5.74) is 4.73. The van der Waals surface area contributed by atoms with Crippen LogP contribution in [0.15, 0.2) is 24.3 Å². The number of carbonyl (C=O) groups is 2. The Morgan fingerprint density at radius 2 is 2.11 bits per heavy atom. The number of halogens is 1. The minimum absolute atomic E-state index is 0.0733. The van der Waals surface area contributed by atoms with Crippen LogP contribution in [0.5, 0.6) is 0 Å². The highest BCUT2D eigenvalue weighted by Crippen LogP contribution is 2.25. The standard InChI is InChI=1S/C18H23FN6O2/c1-2-3-8-20-18(27)24-25-10-13-15(11-25)22-23-17(13)21-16(26)9-12-6-4-5-7-14(12)19/h4-7H,2-3,8-11H2,1H3,(H2,20,24,27)(H2,21,22,23,26). The third-order valence-electron chi connectivity index (χ3n) is 4.29. The van der Waals surface area contributed by atoms with Gasteiger partial charge in [-0.1, -0.05) is 31.5 Å². The highest BCUT2D eigenvalue weighted by molar-refractivity contribution is 5.92. The molecule has 4 N–H and O–H groups in total. The number of unbranched alkanes of at least 4 members (excludes halogenated alkanes) is 1. The Kier molecular flexibility index (Phi) is 6.02. The first kappa shape index (κ1) is 18.8. The second-order valence-electron chi connectivity index (χ2n) is 6.42. The van der Waals surface area contributed by atoms with E-state index < -0.39 is 5.82 Å². The molecular formula is C18H23FN6O2. The lowest BCUT2D eigenvalue weighted by Gasteiger charge is -2.17. The smallest absolute Gasteiger partial charge is 0.329 e. The van der Waals surface area contributed by atoms with Crippen molar-refractivity contribution in [3.63, 3.8) is 0 Å². The van der Waals surface area contributed by atoms with E-state index in [1.54, 1.807) is 23.2 Å². The van der Waals surface area contributed by atoms with E-state index in [4.69, 9.17) is 0 Å². The van der Waals surface area contributed by atoms with Gasteiger partial charge in [-0.3, -0.25) is 15.3 Å². The first-order valence-corrected chi connectivity index (χ1v) is 8.95. The van der Waals surface area contributed by atoms with Crippen molar-refractivity contribution >= 4 is 17.8 Å². The van der Waals surface area contributed by atoms with Crippen LogP contribution >= 0.6 is 0 Å². The number of H-pyrrole nitrogens is 1. The molecule has 144 valence electrons. The van der Waals surface area contributed by atoms with Crippen LogP contribution in [0.1, 0.15) is 36.6 Å². The Balaban J connectivity index is 1.54. The first-order chi connectivity index (χ1) is 13.1. The number of carbonyl (C=O) groups excluding carboxylic acids is 2. The minimum atomic E-state index is -0.413. The second kappa shape index (κ2) is 8.63. The van der Waals surface area contributed by atoms with Gasteiger partial charge >= 0.3 is 6.03 Å². The Morgan fingerprint density at radius 3 is 2.89 bits per heavy atom. The van der Waals surface area contributed by atoms with Gasteiger partial charge in [-0.05, 0) is 18.1 Å². The normalized spacial score (nSPS) is 13.3. The zero-order valence-electron chi connectivity index (χ0n) is 15.1. The summed E-state index contributed by atoms with van der Waals surface area (Å²) >= 11 is 0. The van der Waals surface area contributed by atoms with E-state index in [0.29, 0.717) is 31.0 Å². The third-order valence-corrected chi connectivity index (χ3v) is 4.29. The summed E-state index contributed by atoms with van der Waals surface area (Å²) < 4.78 is 13.7. The molecule has 2 heterocycles. The molecule has 0 atom stereocenters. The van der Waals surface area contributed by atoms with Gasteiger partial charge in [-0.15, -0.1) is 0 Å². The van der Waals surface area contributed by atoms with Crippen molar-refractivity contribution in [1.29, 1.82) is 0 Å². The molecule has 0 saturated heterocycles. The van der Waals surface area contributed by atoms with Crippen molar-refractivity contribution < 1.29 is 14.0 Å². The molecule has 0 radical (unpaired) electrons. The van der Waals surface area contributed by atoms with Gasteiger partial charge in [-0.2, -0.15) is 5.10 Å². The van der Waals surface area contributed by atoms with Crippen molar-refractivity contribution in [2.24, 2.45) is 0 Å². The number of hydrogen-bond acceptors (Lipinski definition) is 4. The monoisotopic (exact) mass is 374 g/mol. The molecule has 3 amide bonds. The molecule has 0 aliphatic carbocycles. The van der Waals surface area contributed by atoms with E-state index in [9.17, 15) is 14.0 Å². The summed E-state index contributed by atoms with van der Waals surface area (Å²) in [5.74, 6) is -0.357. The minimum Gasteiger partial charge on any atom is -0.337 e. The van der Waals surface area contributed by atoms with Gasteiger partial charge in [0.2, 0.25) is 5.91 Å². The Morgan fingerprint density at radius 1 is 1.30 bits per heavy atom. The number of nitrogens with one attached hydrogen (secondary N) is 4. The molecular weight excluding hydrogens is 351 g/mol. The predicted octanol–water partition coefficient (Wildman–Crippen LogP) is 2.06. The fourth-order valence-corrected chi connectivity index (χ4v) is 2.88. The van der Waals surface area contributed by atoms with Crippen molar-refractivity contribution in [3.8, 4) is 0 Å². The van der Waals surface area contributed by atoms with Crippen LogP contribution in [0.25, 0.3) is 0 Å². The van der Waals surface area contributed by atoms with Crippen LogP contribution in [-0.2, 0) is 24.3 Å².